The van der Waals surface area contributed by atoms with Gasteiger partial charge >= 0.3 is 6.09 Å². The number of hydrogen-bond donors (Lipinski definition) is 4. The molecular formula is C29H43Cl2N9O3. The van der Waals surface area contributed by atoms with Crippen LogP contribution in [0.3, 0.4) is 0 Å². The van der Waals surface area contributed by atoms with E-state index in [9.17, 15) is 4.79 Å². The predicted molar refractivity (Wildman–Crippen MR) is 172 cm³/mol. The molecule has 1 amide bonds. The Morgan fingerprint density at radius 1 is 0.907 bits per heavy atom. The summed E-state index contributed by atoms with van der Waals surface area (Å²) in [7, 11) is 1.61. The van der Waals surface area contributed by atoms with Crippen molar-refractivity contribution in [2.75, 3.05) is 36.1 Å². The minimum absolute atomic E-state index is 0. The second-order valence-corrected chi connectivity index (χ2v) is 11.5. The lowest BCUT2D eigenvalue weighted by molar-refractivity contribution is -0.106. The van der Waals surface area contributed by atoms with Crippen molar-refractivity contribution in [1.82, 2.24) is 24.6 Å². The van der Waals surface area contributed by atoms with Gasteiger partial charge in [-0.2, -0.15) is 9.97 Å². The van der Waals surface area contributed by atoms with Crippen LogP contribution in [0.2, 0.25) is 0 Å². The SMILES string of the molecule is COc1ccc(NC(=O)ON2CCC(Nc3nc(N[C@H]4CC[C@H](N)CC4)nc4c3ncn4C3CCCC3)CC2)cc1.Cl.Cl. The lowest BCUT2D eigenvalue weighted by atomic mass is 9.92. The van der Waals surface area contributed by atoms with Crippen LogP contribution in [0.15, 0.2) is 30.6 Å². The van der Waals surface area contributed by atoms with Gasteiger partial charge in [-0.1, -0.05) is 12.8 Å². The third-order valence-electron chi connectivity index (χ3n) is 8.59. The van der Waals surface area contributed by atoms with E-state index >= 15 is 0 Å². The maximum atomic E-state index is 12.4. The Bertz CT molecular complexity index is 1320. The van der Waals surface area contributed by atoms with Gasteiger partial charge in [-0.15, -0.1) is 29.9 Å². The highest BCUT2D eigenvalue weighted by Crippen LogP contribution is 2.34. The number of nitrogens with one attached hydrogen (secondary N) is 3. The lowest BCUT2D eigenvalue weighted by Crippen LogP contribution is -2.41. The highest BCUT2D eigenvalue weighted by atomic mass is 35.5. The summed E-state index contributed by atoms with van der Waals surface area (Å²) in [5, 5.41) is 11.7. The van der Waals surface area contributed by atoms with Gasteiger partial charge in [-0.25, -0.2) is 9.78 Å². The fourth-order valence-corrected chi connectivity index (χ4v) is 6.19. The number of carbonyl (C=O) groups is 1. The van der Waals surface area contributed by atoms with Gasteiger partial charge in [0.1, 0.15) is 5.75 Å². The largest absolute Gasteiger partial charge is 0.497 e. The number of halogens is 2. The van der Waals surface area contributed by atoms with E-state index in [2.05, 4.69) is 20.5 Å². The number of rotatable bonds is 8. The molecule has 3 aliphatic rings. The Morgan fingerprint density at radius 2 is 1.58 bits per heavy atom. The van der Waals surface area contributed by atoms with Crippen molar-refractivity contribution >= 4 is 59.5 Å². The van der Waals surface area contributed by atoms with Gasteiger partial charge in [0.05, 0.1) is 13.4 Å². The fourth-order valence-electron chi connectivity index (χ4n) is 6.19. The van der Waals surface area contributed by atoms with Crippen molar-refractivity contribution in [3.8, 4) is 5.75 Å². The number of nitrogens with two attached hydrogens (primary N) is 1. The number of carbonyl (C=O) groups excluding carboxylic acids is 1. The molecule has 14 heteroatoms. The number of fused-ring (bicyclic) bond motifs is 1. The van der Waals surface area contributed by atoms with E-state index in [0.29, 0.717) is 42.9 Å². The quantitative estimate of drug-likeness (QED) is 0.250. The van der Waals surface area contributed by atoms with Gasteiger partial charge in [0.2, 0.25) is 5.95 Å². The van der Waals surface area contributed by atoms with Crippen molar-refractivity contribution in [3.05, 3.63) is 30.6 Å². The third kappa shape index (κ3) is 8.11. The number of hydroxylamine groups is 2. The Labute approximate surface area is 264 Å². The number of hydrogen-bond acceptors (Lipinski definition) is 10. The Kier molecular flexibility index (Phi) is 11.5. The molecule has 2 aliphatic carbocycles. The summed E-state index contributed by atoms with van der Waals surface area (Å²) in [5.41, 5.74) is 8.48. The number of piperidine rings is 1. The van der Waals surface area contributed by atoms with Gasteiger partial charge < -0.3 is 30.5 Å². The van der Waals surface area contributed by atoms with Crippen LogP contribution in [0.25, 0.3) is 11.2 Å². The molecule has 5 N–H and O–H groups in total. The number of nitrogens with zero attached hydrogens (tertiary/aromatic N) is 5. The molecule has 0 spiro atoms. The molecule has 6 rings (SSSR count). The van der Waals surface area contributed by atoms with Crippen LogP contribution in [0, 0.1) is 0 Å². The predicted octanol–water partition coefficient (Wildman–Crippen LogP) is 5.52. The molecule has 0 atom stereocenters. The molecule has 3 heterocycles. The molecule has 0 bridgehead atoms. The Balaban J connectivity index is 0.00000212. The zero-order chi connectivity index (χ0) is 28.2. The molecule has 1 saturated heterocycles. The molecule has 1 aliphatic heterocycles. The summed E-state index contributed by atoms with van der Waals surface area (Å²) < 4.78 is 7.41. The monoisotopic (exact) mass is 635 g/mol. The minimum atomic E-state index is -0.504. The van der Waals surface area contributed by atoms with Crippen LogP contribution in [0.1, 0.15) is 70.3 Å². The molecule has 0 radical (unpaired) electrons. The van der Waals surface area contributed by atoms with E-state index in [4.69, 9.17) is 30.3 Å². The Hall–Kier alpha value is -3.06. The van der Waals surface area contributed by atoms with Crippen molar-refractivity contribution in [1.29, 1.82) is 0 Å². The number of ether oxygens (including phenoxy) is 1. The topological polar surface area (TPSA) is 144 Å². The average molecular weight is 637 g/mol. The standard InChI is InChI=1S/C29H41N9O3.2ClH/c1-40-24-12-10-21(11-13-24)34-29(39)41-37-16-14-22(15-17-37)32-26-25-27(38(18-31-25)23-4-2-3-5-23)36-28(35-26)33-20-8-6-19(30)7-9-20;;/h10-13,18-20,22-23H,2-9,14-17,30H2,1H3,(H,34,39)(H2,32,33,35,36);2*1H/t19-,20-;;. The summed E-state index contributed by atoms with van der Waals surface area (Å²) in [6, 6.07) is 8.37. The van der Waals surface area contributed by atoms with Gasteiger partial charge in [0.15, 0.2) is 17.0 Å². The van der Waals surface area contributed by atoms with Gasteiger partial charge in [-0.05, 0) is 75.6 Å². The summed E-state index contributed by atoms with van der Waals surface area (Å²) >= 11 is 0. The highest BCUT2D eigenvalue weighted by molar-refractivity contribution is 5.86. The van der Waals surface area contributed by atoms with Crippen LogP contribution in [-0.2, 0) is 4.84 Å². The third-order valence-corrected chi connectivity index (χ3v) is 8.59. The molecule has 1 aromatic carbocycles. The summed E-state index contributed by atoms with van der Waals surface area (Å²) in [5.74, 6) is 2.14. The number of imidazole rings is 1. The van der Waals surface area contributed by atoms with Crippen LogP contribution < -0.4 is 26.4 Å². The molecule has 43 heavy (non-hydrogen) atoms. The maximum Gasteiger partial charge on any atom is 0.430 e. The first-order valence-electron chi connectivity index (χ1n) is 14.9. The van der Waals surface area contributed by atoms with Crippen molar-refractivity contribution < 1.29 is 14.4 Å². The van der Waals surface area contributed by atoms with E-state index in [1.807, 2.05) is 6.33 Å². The van der Waals surface area contributed by atoms with E-state index in [0.717, 1.165) is 74.1 Å². The van der Waals surface area contributed by atoms with Crippen LogP contribution in [0.4, 0.5) is 22.2 Å². The molecule has 3 fully saturated rings. The summed E-state index contributed by atoms with van der Waals surface area (Å²) in [6.45, 7) is 1.23. The van der Waals surface area contributed by atoms with Gasteiger partial charge in [-0.3, -0.25) is 5.32 Å². The maximum absolute atomic E-state index is 12.4. The van der Waals surface area contributed by atoms with E-state index in [1.165, 1.54) is 12.8 Å². The molecule has 2 aromatic heterocycles. The molecule has 236 valence electrons. The fraction of sp³-hybridized carbons (Fsp3) is 0.586. The molecule has 3 aromatic rings. The van der Waals surface area contributed by atoms with E-state index < -0.39 is 6.09 Å². The molecule has 0 unspecified atom stereocenters. The van der Waals surface area contributed by atoms with Crippen LogP contribution in [0.5, 0.6) is 5.75 Å². The first kappa shape index (κ1) is 32.8. The Morgan fingerprint density at radius 3 is 2.26 bits per heavy atom. The number of benzene rings is 1. The highest BCUT2D eigenvalue weighted by Gasteiger charge is 2.27. The zero-order valence-electron chi connectivity index (χ0n) is 24.5. The first-order chi connectivity index (χ1) is 20.0. The summed E-state index contributed by atoms with van der Waals surface area (Å²) in [4.78, 5) is 32.6. The second kappa shape index (κ2) is 15.1. The normalized spacial score (nSPS) is 21.4. The second-order valence-electron chi connectivity index (χ2n) is 11.5. The van der Waals surface area contributed by atoms with E-state index in [1.54, 1.807) is 36.4 Å². The summed E-state index contributed by atoms with van der Waals surface area (Å²) in [6.07, 6.45) is 11.9. The van der Waals surface area contributed by atoms with E-state index in [-0.39, 0.29) is 30.9 Å². The molecule has 2 saturated carbocycles. The zero-order valence-corrected chi connectivity index (χ0v) is 26.2. The number of methoxy groups -OCH3 is 1. The van der Waals surface area contributed by atoms with Gasteiger partial charge in [0.25, 0.3) is 0 Å². The number of aromatic nitrogens is 4. The number of anilines is 3. The smallest absolute Gasteiger partial charge is 0.430 e. The first-order valence-corrected chi connectivity index (χ1v) is 14.9. The van der Waals surface area contributed by atoms with Crippen molar-refractivity contribution in [2.24, 2.45) is 5.73 Å². The van der Waals surface area contributed by atoms with Crippen LogP contribution in [-0.4, -0.2) is 69.0 Å². The van der Waals surface area contributed by atoms with Crippen LogP contribution >= 0.6 is 24.8 Å². The molecular weight excluding hydrogens is 593 g/mol. The van der Waals surface area contributed by atoms with Crippen molar-refractivity contribution in [2.45, 2.75) is 88.4 Å². The number of amides is 1. The average Bonchev–Trinajstić information content (AvgIpc) is 3.66. The van der Waals surface area contributed by atoms with Crippen molar-refractivity contribution in [3.63, 3.8) is 0 Å². The van der Waals surface area contributed by atoms with Gasteiger partial charge in [0, 0.05) is 42.9 Å². The molecule has 12 nitrogen and oxygen atoms in total. The lowest BCUT2D eigenvalue weighted by Gasteiger charge is -2.31. The minimum Gasteiger partial charge on any atom is -0.497 e.